The Morgan fingerprint density at radius 3 is 2.21 bits per heavy atom. The molecule has 0 bridgehead atoms. The molecule has 24 heavy (non-hydrogen) atoms. The van der Waals surface area contributed by atoms with Crippen LogP contribution in [0.2, 0.25) is 5.02 Å². The van der Waals surface area contributed by atoms with Crippen molar-refractivity contribution in [3.63, 3.8) is 0 Å². The minimum Gasteiger partial charge on any atom is -0.339 e. The first kappa shape index (κ1) is 17.4. The molecule has 0 spiro atoms. The quantitative estimate of drug-likeness (QED) is 0.522. The van der Waals surface area contributed by atoms with Crippen molar-refractivity contribution in [1.29, 1.82) is 0 Å². The van der Waals surface area contributed by atoms with Crippen LogP contribution in [0.3, 0.4) is 0 Å². The van der Waals surface area contributed by atoms with Crippen LogP contribution in [-0.2, 0) is 13.1 Å². The average Bonchev–Trinajstić information content (AvgIpc) is 3.25. The highest BCUT2D eigenvalue weighted by molar-refractivity contribution is 7.80. The van der Waals surface area contributed by atoms with Gasteiger partial charge >= 0.3 is 0 Å². The van der Waals surface area contributed by atoms with E-state index in [0.717, 1.165) is 29.4 Å². The van der Waals surface area contributed by atoms with Gasteiger partial charge in [-0.1, -0.05) is 29.8 Å². The zero-order valence-electron chi connectivity index (χ0n) is 13.2. The topological polar surface area (TPSA) is 15.3 Å². The zero-order chi connectivity index (χ0) is 16.9. The van der Waals surface area contributed by atoms with E-state index in [9.17, 15) is 0 Å². The summed E-state index contributed by atoms with van der Waals surface area (Å²) < 4.78 is 0. The van der Waals surface area contributed by atoms with E-state index < -0.39 is 0 Å². The van der Waals surface area contributed by atoms with Gasteiger partial charge in [0.1, 0.15) is 0 Å². The SMILES string of the molecule is Cc1c(Cl)cccc1NC(=S)N(Cc1cccs1)Cc1cccs1. The molecule has 0 saturated heterocycles. The van der Waals surface area contributed by atoms with Crippen LogP contribution in [0.15, 0.2) is 53.2 Å². The molecule has 6 heteroatoms. The molecule has 1 aromatic carbocycles. The van der Waals surface area contributed by atoms with Crippen LogP contribution in [-0.4, -0.2) is 10.0 Å². The van der Waals surface area contributed by atoms with Gasteiger partial charge in [-0.05, 0) is 59.7 Å². The van der Waals surface area contributed by atoms with Gasteiger partial charge in [0.2, 0.25) is 0 Å². The predicted molar refractivity (Wildman–Crippen MR) is 110 cm³/mol. The van der Waals surface area contributed by atoms with Crippen molar-refractivity contribution in [3.8, 4) is 0 Å². The fourth-order valence-corrected chi connectivity index (χ4v) is 4.17. The molecule has 1 N–H and O–H groups in total. The number of nitrogens with one attached hydrogen (secondary N) is 1. The fraction of sp³-hybridized carbons (Fsp3) is 0.167. The molecule has 0 aliphatic heterocycles. The lowest BCUT2D eigenvalue weighted by molar-refractivity contribution is 0.420. The highest BCUT2D eigenvalue weighted by Crippen LogP contribution is 2.24. The van der Waals surface area contributed by atoms with Crippen molar-refractivity contribution in [3.05, 3.63) is 73.6 Å². The van der Waals surface area contributed by atoms with Gasteiger partial charge in [0.05, 0.1) is 13.1 Å². The van der Waals surface area contributed by atoms with Crippen molar-refractivity contribution in [2.75, 3.05) is 5.32 Å². The second-order valence-electron chi connectivity index (χ2n) is 5.36. The largest absolute Gasteiger partial charge is 0.339 e. The summed E-state index contributed by atoms with van der Waals surface area (Å²) in [5.41, 5.74) is 1.96. The summed E-state index contributed by atoms with van der Waals surface area (Å²) in [6, 6.07) is 14.2. The molecule has 0 fully saturated rings. The van der Waals surface area contributed by atoms with E-state index in [1.54, 1.807) is 22.7 Å². The first-order chi connectivity index (χ1) is 11.6. The molecule has 2 aromatic heterocycles. The number of nitrogens with zero attached hydrogens (tertiary/aromatic N) is 1. The summed E-state index contributed by atoms with van der Waals surface area (Å²) in [5.74, 6) is 0. The summed E-state index contributed by atoms with van der Waals surface area (Å²) in [4.78, 5) is 4.77. The molecule has 0 atom stereocenters. The minimum atomic E-state index is 0.710. The fourth-order valence-electron chi connectivity index (χ4n) is 2.32. The number of thiocarbonyl (C=S) groups is 1. The molecule has 3 rings (SSSR count). The predicted octanol–water partition coefficient (Wildman–Crippen LogP) is 6.17. The van der Waals surface area contributed by atoms with Crippen LogP contribution in [0, 0.1) is 6.92 Å². The van der Waals surface area contributed by atoms with E-state index in [0.29, 0.717) is 5.11 Å². The number of hydrogen-bond donors (Lipinski definition) is 1. The van der Waals surface area contributed by atoms with Gasteiger partial charge in [-0.3, -0.25) is 0 Å². The Bertz CT molecular complexity index is 762. The van der Waals surface area contributed by atoms with E-state index in [-0.39, 0.29) is 0 Å². The molecule has 2 heterocycles. The van der Waals surface area contributed by atoms with Crippen LogP contribution >= 0.6 is 46.5 Å². The van der Waals surface area contributed by atoms with Gasteiger partial charge in [-0.2, -0.15) is 0 Å². The third-order valence-electron chi connectivity index (χ3n) is 3.65. The highest BCUT2D eigenvalue weighted by atomic mass is 35.5. The van der Waals surface area contributed by atoms with Crippen molar-refractivity contribution >= 4 is 57.3 Å². The van der Waals surface area contributed by atoms with Crippen molar-refractivity contribution in [2.45, 2.75) is 20.0 Å². The Labute approximate surface area is 160 Å². The Morgan fingerprint density at radius 2 is 1.67 bits per heavy atom. The van der Waals surface area contributed by atoms with Gasteiger partial charge in [-0.25, -0.2) is 0 Å². The second-order valence-corrected chi connectivity index (χ2v) is 8.22. The molecule has 124 valence electrons. The molecule has 0 radical (unpaired) electrons. The molecule has 3 aromatic rings. The lowest BCUT2D eigenvalue weighted by Gasteiger charge is -2.25. The summed E-state index contributed by atoms with van der Waals surface area (Å²) in [6.07, 6.45) is 0. The summed E-state index contributed by atoms with van der Waals surface area (Å²) >= 11 is 15.4. The first-order valence-corrected chi connectivity index (χ1v) is 10.0. The summed E-state index contributed by atoms with van der Waals surface area (Å²) in [7, 11) is 0. The first-order valence-electron chi connectivity index (χ1n) is 7.49. The van der Waals surface area contributed by atoms with Crippen molar-refractivity contribution in [2.24, 2.45) is 0 Å². The van der Waals surface area contributed by atoms with Crippen LogP contribution in [0.1, 0.15) is 15.3 Å². The van der Waals surface area contributed by atoms with E-state index in [2.05, 4.69) is 45.2 Å². The molecular formula is C18H17ClN2S3. The van der Waals surface area contributed by atoms with Gasteiger partial charge in [0.25, 0.3) is 0 Å². The maximum absolute atomic E-state index is 6.21. The number of halogens is 1. The molecule has 0 saturated carbocycles. The Morgan fingerprint density at radius 1 is 1.04 bits per heavy atom. The zero-order valence-corrected chi connectivity index (χ0v) is 16.4. The maximum Gasteiger partial charge on any atom is 0.174 e. The van der Waals surface area contributed by atoms with Crippen LogP contribution < -0.4 is 5.32 Å². The summed E-state index contributed by atoms with van der Waals surface area (Å²) in [6.45, 7) is 3.58. The maximum atomic E-state index is 6.21. The third kappa shape index (κ3) is 4.36. The lowest BCUT2D eigenvalue weighted by atomic mass is 10.2. The minimum absolute atomic E-state index is 0.710. The van der Waals surface area contributed by atoms with Crippen LogP contribution in [0.4, 0.5) is 5.69 Å². The van der Waals surface area contributed by atoms with Gasteiger partial charge in [-0.15, -0.1) is 22.7 Å². The number of rotatable bonds is 5. The van der Waals surface area contributed by atoms with Gasteiger partial charge in [0.15, 0.2) is 5.11 Å². The van der Waals surface area contributed by atoms with E-state index in [1.807, 2.05) is 25.1 Å². The molecule has 0 unspecified atom stereocenters. The van der Waals surface area contributed by atoms with Crippen LogP contribution in [0.5, 0.6) is 0 Å². The normalized spacial score (nSPS) is 10.6. The van der Waals surface area contributed by atoms with Gasteiger partial charge < -0.3 is 10.2 Å². The monoisotopic (exact) mass is 392 g/mol. The Hall–Kier alpha value is -1.40. The Balaban J connectivity index is 1.78. The number of benzene rings is 1. The number of thiophene rings is 2. The second kappa shape index (κ2) is 8.12. The van der Waals surface area contributed by atoms with E-state index in [1.165, 1.54) is 9.75 Å². The van der Waals surface area contributed by atoms with E-state index >= 15 is 0 Å². The molecule has 2 nitrogen and oxygen atoms in total. The van der Waals surface area contributed by atoms with Crippen LogP contribution in [0.25, 0.3) is 0 Å². The van der Waals surface area contributed by atoms with Crippen molar-refractivity contribution in [1.82, 2.24) is 4.90 Å². The summed E-state index contributed by atoms with van der Waals surface area (Å²) in [5, 5.41) is 9.00. The molecular weight excluding hydrogens is 376 g/mol. The van der Waals surface area contributed by atoms with E-state index in [4.69, 9.17) is 23.8 Å². The Kier molecular flexibility index (Phi) is 5.89. The lowest BCUT2D eigenvalue weighted by Crippen LogP contribution is -2.33. The standard InChI is InChI=1S/C18H17ClN2S3/c1-13-16(19)7-2-8-17(13)20-18(22)21(11-14-5-3-9-23-14)12-15-6-4-10-24-15/h2-10H,11-12H2,1H3,(H,20,22). The molecule has 0 amide bonds. The highest BCUT2D eigenvalue weighted by Gasteiger charge is 2.14. The smallest absolute Gasteiger partial charge is 0.174 e. The average molecular weight is 393 g/mol. The van der Waals surface area contributed by atoms with Crippen molar-refractivity contribution < 1.29 is 0 Å². The molecule has 0 aliphatic rings. The molecule has 0 aliphatic carbocycles. The third-order valence-corrected chi connectivity index (χ3v) is 6.14. The number of hydrogen-bond acceptors (Lipinski definition) is 3. The number of anilines is 1. The van der Waals surface area contributed by atoms with Gasteiger partial charge in [0, 0.05) is 20.5 Å².